The quantitative estimate of drug-likeness (QED) is 0.513. The van der Waals surface area contributed by atoms with Gasteiger partial charge in [-0.3, -0.25) is 15.0 Å². The number of hydroxylamine groups is 1. The molecule has 0 amide bonds. The molecule has 1 aromatic carbocycles. The van der Waals surface area contributed by atoms with Crippen molar-refractivity contribution in [2.45, 2.75) is 12.7 Å². The molecule has 9 heteroatoms. The van der Waals surface area contributed by atoms with E-state index in [0.29, 0.717) is 5.56 Å². The zero-order valence-electron chi connectivity index (χ0n) is 8.83. The highest BCUT2D eigenvalue weighted by molar-refractivity contribution is 6.31. The van der Waals surface area contributed by atoms with Gasteiger partial charge in [-0.05, 0) is 11.6 Å². The lowest BCUT2D eigenvalue weighted by Gasteiger charge is -2.09. The fourth-order valence-electron chi connectivity index (χ4n) is 1.05. The van der Waals surface area contributed by atoms with Gasteiger partial charge in [0.15, 0.2) is 6.61 Å². The Balaban J connectivity index is 2.51. The molecule has 0 aliphatic rings. The molecule has 1 aromatic rings. The first-order valence-corrected chi connectivity index (χ1v) is 5.01. The first kappa shape index (κ1) is 14.7. The van der Waals surface area contributed by atoms with Crippen molar-refractivity contribution < 1.29 is 22.9 Å². The molecule has 0 aromatic heterocycles. The van der Waals surface area contributed by atoms with E-state index < -0.39 is 17.7 Å². The van der Waals surface area contributed by atoms with Crippen LogP contribution in [0.25, 0.3) is 0 Å². The normalized spacial score (nSPS) is 11.6. The maximum atomic E-state index is 11.7. The third-order valence-electron chi connectivity index (χ3n) is 1.85. The van der Waals surface area contributed by atoms with Gasteiger partial charge in [0, 0.05) is 18.7 Å². The van der Waals surface area contributed by atoms with Gasteiger partial charge in [0.1, 0.15) is 0 Å². The highest BCUT2D eigenvalue weighted by Crippen LogP contribution is 2.22. The van der Waals surface area contributed by atoms with E-state index in [2.05, 4.69) is 10.3 Å². The number of benzene rings is 1. The molecule has 0 unspecified atom stereocenters. The van der Waals surface area contributed by atoms with E-state index in [9.17, 15) is 23.3 Å². The minimum absolute atomic E-state index is 0.0762. The minimum atomic E-state index is -4.42. The second kappa shape index (κ2) is 5.98. The van der Waals surface area contributed by atoms with Crippen LogP contribution in [-0.2, 0) is 11.4 Å². The third-order valence-corrected chi connectivity index (χ3v) is 2.20. The smallest absolute Gasteiger partial charge is 0.292 e. The summed E-state index contributed by atoms with van der Waals surface area (Å²) < 4.78 is 35.2. The zero-order chi connectivity index (χ0) is 13.8. The summed E-state index contributed by atoms with van der Waals surface area (Å²) in [7, 11) is 0. The SMILES string of the molecule is O=[N+]([O-])c1ccc(CNOCC(F)(F)F)c(Cl)c1. The number of alkyl halides is 3. The fraction of sp³-hybridized carbons (Fsp3) is 0.333. The molecule has 0 fully saturated rings. The molecule has 0 aliphatic heterocycles. The van der Waals surface area contributed by atoms with E-state index >= 15 is 0 Å². The number of halogens is 4. The summed E-state index contributed by atoms with van der Waals surface area (Å²) in [6.07, 6.45) is -4.42. The van der Waals surface area contributed by atoms with E-state index in [-0.39, 0.29) is 17.3 Å². The molecule has 1 N–H and O–H groups in total. The first-order valence-electron chi connectivity index (χ1n) is 4.64. The van der Waals surface area contributed by atoms with E-state index in [0.717, 1.165) is 6.07 Å². The lowest BCUT2D eigenvalue weighted by Crippen LogP contribution is -2.24. The molecule has 100 valence electrons. The highest BCUT2D eigenvalue weighted by Gasteiger charge is 2.27. The lowest BCUT2D eigenvalue weighted by atomic mass is 10.2. The predicted octanol–water partition coefficient (Wildman–Crippen LogP) is 2.83. The number of hydrogen-bond acceptors (Lipinski definition) is 4. The minimum Gasteiger partial charge on any atom is -0.292 e. The van der Waals surface area contributed by atoms with Gasteiger partial charge in [-0.2, -0.15) is 18.7 Å². The summed E-state index contributed by atoms with van der Waals surface area (Å²) in [6.45, 7) is -1.52. The van der Waals surface area contributed by atoms with Crippen LogP contribution in [0.5, 0.6) is 0 Å². The van der Waals surface area contributed by atoms with Crippen molar-refractivity contribution in [2.24, 2.45) is 0 Å². The van der Waals surface area contributed by atoms with Gasteiger partial charge >= 0.3 is 6.18 Å². The Kier molecular flexibility index (Phi) is 4.88. The summed E-state index contributed by atoms with van der Waals surface area (Å²) in [5.41, 5.74) is 2.27. The summed E-state index contributed by atoms with van der Waals surface area (Å²) in [4.78, 5) is 14.0. The van der Waals surface area contributed by atoms with Crippen LogP contribution in [0.2, 0.25) is 5.02 Å². The van der Waals surface area contributed by atoms with Gasteiger partial charge in [0.2, 0.25) is 0 Å². The van der Waals surface area contributed by atoms with E-state index in [4.69, 9.17) is 11.6 Å². The molecule has 0 heterocycles. The molecule has 0 saturated heterocycles. The van der Waals surface area contributed by atoms with Crippen molar-refractivity contribution >= 4 is 17.3 Å². The number of hydrogen-bond donors (Lipinski definition) is 1. The van der Waals surface area contributed by atoms with Gasteiger partial charge < -0.3 is 0 Å². The Hall–Kier alpha value is -1.38. The van der Waals surface area contributed by atoms with Gasteiger partial charge in [-0.1, -0.05) is 11.6 Å². The Morgan fingerprint density at radius 1 is 1.44 bits per heavy atom. The zero-order valence-corrected chi connectivity index (χ0v) is 9.59. The lowest BCUT2D eigenvalue weighted by molar-refractivity contribution is -0.384. The summed E-state index contributed by atoms with van der Waals surface area (Å²) >= 11 is 5.72. The second-order valence-electron chi connectivity index (χ2n) is 3.26. The molecular weight excluding hydrogens is 277 g/mol. The predicted molar refractivity (Wildman–Crippen MR) is 57.0 cm³/mol. The van der Waals surface area contributed by atoms with Crippen LogP contribution in [0.1, 0.15) is 5.56 Å². The second-order valence-corrected chi connectivity index (χ2v) is 3.66. The molecule has 18 heavy (non-hydrogen) atoms. The van der Waals surface area contributed by atoms with E-state index in [1.807, 2.05) is 0 Å². The number of nitrogens with zero attached hydrogens (tertiary/aromatic N) is 1. The third kappa shape index (κ3) is 4.86. The van der Waals surface area contributed by atoms with Gasteiger partial charge in [-0.15, -0.1) is 0 Å². The topological polar surface area (TPSA) is 64.4 Å². The maximum absolute atomic E-state index is 11.7. The van der Waals surface area contributed by atoms with Crippen LogP contribution in [-0.4, -0.2) is 17.7 Å². The standard InChI is InChI=1S/C9H8ClF3N2O3/c10-8-3-7(15(16)17)2-1-6(8)4-14-18-5-9(11,12)13/h1-3,14H,4-5H2. The van der Waals surface area contributed by atoms with Crippen molar-refractivity contribution in [3.8, 4) is 0 Å². The maximum Gasteiger partial charge on any atom is 0.413 e. The molecular formula is C9H8ClF3N2O3. The number of non-ortho nitro benzene ring substituents is 1. The van der Waals surface area contributed by atoms with Crippen molar-refractivity contribution in [1.82, 2.24) is 5.48 Å². The fourth-order valence-corrected chi connectivity index (χ4v) is 1.30. The first-order chi connectivity index (χ1) is 8.29. The van der Waals surface area contributed by atoms with Crippen molar-refractivity contribution in [1.29, 1.82) is 0 Å². The molecule has 0 bridgehead atoms. The Morgan fingerprint density at radius 3 is 2.61 bits per heavy atom. The van der Waals surface area contributed by atoms with Crippen molar-refractivity contribution in [3.63, 3.8) is 0 Å². The molecule has 0 saturated carbocycles. The monoisotopic (exact) mass is 284 g/mol. The van der Waals surface area contributed by atoms with Crippen LogP contribution in [0, 0.1) is 10.1 Å². The van der Waals surface area contributed by atoms with E-state index in [1.54, 1.807) is 0 Å². The number of nitro groups is 1. The van der Waals surface area contributed by atoms with Gasteiger partial charge in [-0.25, -0.2) is 0 Å². The molecule has 0 radical (unpaired) electrons. The van der Waals surface area contributed by atoms with Crippen LogP contribution in [0.3, 0.4) is 0 Å². The number of nitrogens with one attached hydrogen (secondary N) is 1. The summed E-state index contributed by atoms with van der Waals surface area (Å²) in [5.74, 6) is 0. The molecule has 0 atom stereocenters. The molecule has 0 aliphatic carbocycles. The van der Waals surface area contributed by atoms with Crippen molar-refractivity contribution in [2.75, 3.05) is 6.61 Å². The van der Waals surface area contributed by atoms with Gasteiger partial charge in [0.25, 0.3) is 5.69 Å². The Labute approximate surface area is 105 Å². The summed E-state index contributed by atoms with van der Waals surface area (Å²) in [6, 6.07) is 3.65. The van der Waals surface area contributed by atoms with Crippen LogP contribution < -0.4 is 5.48 Å². The van der Waals surface area contributed by atoms with Crippen LogP contribution in [0.4, 0.5) is 18.9 Å². The highest BCUT2D eigenvalue weighted by atomic mass is 35.5. The molecule has 0 spiro atoms. The van der Waals surface area contributed by atoms with Gasteiger partial charge in [0.05, 0.1) is 9.95 Å². The number of nitro benzene ring substituents is 1. The molecule has 5 nitrogen and oxygen atoms in total. The number of rotatable bonds is 5. The average molecular weight is 285 g/mol. The van der Waals surface area contributed by atoms with E-state index in [1.165, 1.54) is 12.1 Å². The Bertz CT molecular complexity index is 440. The Morgan fingerprint density at radius 2 is 2.11 bits per heavy atom. The average Bonchev–Trinajstić information content (AvgIpc) is 2.24. The van der Waals surface area contributed by atoms with Crippen LogP contribution >= 0.6 is 11.6 Å². The van der Waals surface area contributed by atoms with Crippen molar-refractivity contribution in [3.05, 3.63) is 38.9 Å². The molecule has 1 rings (SSSR count). The summed E-state index contributed by atoms with van der Waals surface area (Å²) in [5, 5.41) is 10.5. The van der Waals surface area contributed by atoms with Crippen LogP contribution in [0.15, 0.2) is 18.2 Å². The largest absolute Gasteiger partial charge is 0.413 e.